The van der Waals surface area contributed by atoms with Crippen molar-refractivity contribution in [2.45, 2.75) is 0 Å². The molecule has 0 bridgehead atoms. The molecule has 1 heteroatoms. The lowest BCUT2D eigenvalue weighted by Gasteiger charge is -2.18. The van der Waals surface area contributed by atoms with Crippen molar-refractivity contribution in [3.05, 3.63) is 194 Å². The fraction of sp³-hybridized carbons (Fsp3) is 0. The molecule has 254 valence electrons. The largest absolute Gasteiger partial charge is 0.135 e. The summed E-state index contributed by atoms with van der Waals surface area (Å²) in [6.07, 6.45) is 0. The van der Waals surface area contributed by atoms with E-state index < -0.39 is 0 Å². The van der Waals surface area contributed by atoms with E-state index in [0.29, 0.717) is 0 Å². The van der Waals surface area contributed by atoms with Gasteiger partial charge in [-0.1, -0.05) is 176 Å². The van der Waals surface area contributed by atoms with E-state index in [0.717, 1.165) is 0 Å². The maximum absolute atomic E-state index is 2.45. The Morgan fingerprint density at radius 2 is 0.709 bits per heavy atom. The maximum atomic E-state index is 2.45. The lowest BCUT2D eigenvalue weighted by molar-refractivity contribution is 1.65. The van der Waals surface area contributed by atoms with Gasteiger partial charge in [-0.3, -0.25) is 0 Å². The van der Waals surface area contributed by atoms with Gasteiger partial charge in [0.1, 0.15) is 0 Å². The predicted octanol–water partition coefficient (Wildman–Crippen LogP) is 16.0. The van der Waals surface area contributed by atoms with Crippen LogP contribution in [-0.2, 0) is 0 Å². The van der Waals surface area contributed by atoms with Crippen LogP contribution >= 0.6 is 11.3 Å². The monoisotopic (exact) mass is 712 g/mol. The van der Waals surface area contributed by atoms with Crippen molar-refractivity contribution in [2.75, 3.05) is 0 Å². The van der Waals surface area contributed by atoms with Crippen molar-refractivity contribution < 1.29 is 0 Å². The molecule has 55 heavy (non-hydrogen) atoms. The quantitative estimate of drug-likeness (QED) is 0.160. The topological polar surface area (TPSA) is 0 Å². The highest BCUT2D eigenvalue weighted by Crippen LogP contribution is 2.47. The van der Waals surface area contributed by atoms with Crippen molar-refractivity contribution in [3.8, 4) is 33.4 Å². The van der Waals surface area contributed by atoms with E-state index in [1.165, 1.54) is 118 Å². The minimum absolute atomic E-state index is 1.23. The Labute approximate surface area is 322 Å². The Hall–Kier alpha value is -6.80. The Bertz CT molecular complexity index is 3530. The highest BCUT2D eigenvalue weighted by molar-refractivity contribution is 7.26. The Morgan fingerprint density at radius 3 is 1.40 bits per heavy atom. The van der Waals surface area contributed by atoms with Gasteiger partial charge >= 0.3 is 0 Å². The van der Waals surface area contributed by atoms with Crippen LogP contribution in [0.4, 0.5) is 0 Å². The lowest BCUT2D eigenvalue weighted by Crippen LogP contribution is -1.90. The average molecular weight is 713 g/mol. The van der Waals surface area contributed by atoms with Gasteiger partial charge < -0.3 is 0 Å². The van der Waals surface area contributed by atoms with Crippen LogP contribution in [0.1, 0.15) is 0 Å². The predicted molar refractivity (Wildman–Crippen MR) is 241 cm³/mol. The van der Waals surface area contributed by atoms with Crippen LogP contribution in [0, 0.1) is 0 Å². The van der Waals surface area contributed by atoms with E-state index in [-0.39, 0.29) is 0 Å². The molecular weight excluding hydrogens is 681 g/mol. The molecule has 1 aromatic heterocycles. The summed E-state index contributed by atoms with van der Waals surface area (Å²) in [7, 11) is 0. The van der Waals surface area contributed by atoms with Crippen LogP contribution < -0.4 is 0 Å². The molecule has 11 aromatic carbocycles. The van der Waals surface area contributed by atoms with E-state index >= 15 is 0 Å². The van der Waals surface area contributed by atoms with Gasteiger partial charge in [0.25, 0.3) is 0 Å². The van der Waals surface area contributed by atoms with E-state index in [9.17, 15) is 0 Å². The molecule has 0 aliphatic carbocycles. The molecule has 0 radical (unpaired) electrons. The van der Waals surface area contributed by atoms with Gasteiger partial charge in [-0.2, -0.15) is 0 Å². The Balaban J connectivity index is 1.11. The summed E-state index contributed by atoms with van der Waals surface area (Å²) in [6.45, 7) is 0. The molecule has 0 aliphatic rings. The SMILES string of the molecule is c1ccc(-c2ccc3c(c2)c2ccccc2c2c4ccc(-c5cccc6c(-c7cccc8c7sc7ccccc78)cccc56)cc4c4ccccc4c32)cc1. The Kier molecular flexibility index (Phi) is 6.60. The first-order valence-corrected chi connectivity index (χ1v) is 19.8. The number of thiophene rings is 1. The highest BCUT2D eigenvalue weighted by Gasteiger charge is 2.18. The van der Waals surface area contributed by atoms with Gasteiger partial charge in [-0.25, -0.2) is 0 Å². The van der Waals surface area contributed by atoms with Crippen molar-refractivity contribution in [3.63, 3.8) is 0 Å². The van der Waals surface area contributed by atoms with Crippen molar-refractivity contribution in [2.24, 2.45) is 0 Å². The molecular formula is C54H32S. The summed E-state index contributed by atoms with van der Waals surface area (Å²) in [6, 6.07) is 72.2. The number of hydrogen-bond acceptors (Lipinski definition) is 1. The van der Waals surface area contributed by atoms with Gasteiger partial charge in [0, 0.05) is 25.7 Å². The first kappa shape index (κ1) is 30.6. The van der Waals surface area contributed by atoms with Gasteiger partial charge in [-0.05, 0) is 111 Å². The third-order valence-corrected chi connectivity index (χ3v) is 13.1. The van der Waals surface area contributed by atoms with Crippen LogP contribution in [0.5, 0.6) is 0 Å². The zero-order valence-corrected chi connectivity index (χ0v) is 30.7. The second kappa shape index (κ2) is 11.9. The lowest BCUT2D eigenvalue weighted by atomic mass is 9.85. The number of hydrogen-bond donors (Lipinski definition) is 0. The number of fused-ring (bicyclic) bond motifs is 15. The van der Waals surface area contributed by atoms with Gasteiger partial charge in [0.2, 0.25) is 0 Å². The van der Waals surface area contributed by atoms with Crippen LogP contribution in [0.15, 0.2) is 194 Å². The highest BCUT2D eigenvalue weighted by atomic mass is 32.1. The molecule has 0 aliphatic heterocycles. The van der Waals surface area contributed by atoms with E-state index in [1.54, 1.807) is 0 Å². The van der Waals surface area contributed by atoms with E-state index in [2.05, 4.69) is 194 Å². The van der Waals surface area contributed by atoms with Crippen LogP contribution in [0.3, 0.4) is 0 Å². The van der Waals surface area contributed by atoms with Gasteiger partial charge in [0.05, 0.1) is 0 Å². The third-order valence-electron chi connectivity index (χ3n) is 11.8. The second-order valence-corrected chi connectivity index (χ2v) is 15.8. The molecule has 0 amide bonds. The molecule has 12 rings (SSSR count). The zero-order chi connectivity index (χ0) is 36.0. The molecule has 0 atom stereocenters. The fourth-order valence-electron chi connectivity index (χ4n) is 9.40. The first-order valence-electron chi connectivity index (χ1n) is 19.0. The van der Waals surface area contributed by atoms with Crippen LogP contribution in [-0.4, -0.2) is 0 Å². The molecule has 0 nitrogen and oxygen atoms in total. The molecule has 0 unspecified atom stereocenters. The molecule has 0 saturated heterocycles. The minimum Gasteiger partial charge on any atom is -0.135 e. The molecule has 0 spiro atoms. The first-order chi connectivity index (χ1) is 27.3. The standard InChI is InChI=1S/C54H32S/c1-2-13-33(14-3-1)34-27-29-45-49(31-34)40-15-4-6-18-43(40)53-46-30-28-35(32-50(46)41-16-5-7-19-44(41)52(45)53)36-20-10-22-38-37(36)21-11-23-39(38)47-24-12-25-48-42-17-8-9-26-51(42)55-54(47)48/h1-32H. The van der Waals surface area contributed by atoms with Crippen LogP contribution in [0.2, 0.25) is 0 Å². The molecule has 0 fully saturated rings. The fourth-order valence-corrected chi connectivity index (χ4v) is 10.6. The second-order valence-electron chi connectivity index (χ2n) is 14.7. The summed E-state index contributed by atoms with van der Waals surface area (Å²) in [5, 5.41) is 18.2. The summed E-state index contributed by atoms with van der Waals surface area (Å²) in [5.41, 5.74) is 7.55. The zero-order valence-electron chi connectivity index (χ0n) is 29.9. The van der Waals surface area contributed by atoms with Crippen LogP contribution in [0.25, 0.3) is 118 Å². The molecule has 0 N–H and O–H groups in total. The van der Waals surface area contributed by atoms with E-state index in [4.69, 9.17) is 0 Å². The molecule has 1 heterocycles. The van der Waals surface area contributed by atoms with Crippen molar-refractivity contribution >= 4 is 96.1 Å². The minimum atomic E-state index is 1.23. The summed E-state index contributed by atoms with van der Waals surface area (Å²) >= 11 is 1.90. The number of benzene rings is 11. The summed E-state index contributed by atoms with van der Waals surface area (Å²) in [4.78, 5) is 0. The Morgan fingerprint density at radius 1 is 0.236 bits per heavy atom. The number of rotatable bonds is 3. The summed E-state index contributed by atoms with van der Waals surface area (Å²) in [5.74, 6) is 0. The smallest absolute Gasteiger partial charge is 0.0434 e. The van der Waals surface area contributed by atoms with Crippen molar-refractivity contribution in [1.82, 2.24) is 0 Å². The van der Waals surface area contributed by atoms with Gasteiger partial charge in [-0.15, -0.1) is 11.3 Å². The maximum Gasteiger partial charge on any atom is 0.0434 e. The summed E-state index contributed by atoms with van der Waals surface area (Å²) < 4.78 is 2.68. The normalized spacial score (nSPS) is 12.0. The average Bonchev–Trinajstić information content (AvgIpc) is 3.65. The third kappa shape index (κ3) is 4.51. The van der Waals surface area contributed by atoms with Gasteiger partial charge in [0.15, 0.2) is 0 Å². The van der Waals surface area contributed by atoms with Crippen molar-refractivity contribution in [1.29, 1.82) is 0 Å². The molecule has 0 saturated carbocycles. The molecule has 12 aromatic rings. The van der Waals surface area contributed by atoms with E-state index in [1.807, 2.05) is 11.3 Å².